The molecule has 1 unspecified atom stereocenters. The van der Waals surface area contributed by atoms with Crippen molar-refractivity contribution in [3.8, 4) is 5.75 Å². The fourth-order valence-corrected chi connectivity index (χ4v) is 1.80. The number of ether oxygens (including phenoxy) is 1. The Morgan fingerprint density at radius 3 is 3.17 bits per heavy atom. The summed E-state index contributed by atoms with van der Waals surface area (Å²) in [4.78, 5) is 0. The van der Waals surface area contributed by atoms with Gasteiger partial charge in [0, 0.05) is 10.0 Å². The average Bonchev–Trinajstić information content (AvgIpc) is 2.46. The Bertz CT molecular complexity index is 301. The molecule has 64 valence electrons. The number of hydrogen-bond acceptors (Lipinski definition) is 2. The van der Waals surface area contributed by atoms with Gasteiger partial charge in [0.25, 0.3) is 0 Å². The first-order valence-corrected chi connectivity index (χ1v) is 4.70. The van der Waals surface area contributed by atoms with E-state index in [2.05, 4.69) is 27.3 Å². The minimum absolute atomic E-state index is 0.345. The summed E-state index contributed by atoms with van der Waals surface area (Å²) in [5.74, 6) is 0.998. The Morgan fingerprint density at radius 1 is 1.58 bits per heavy atom. The van der Waals surface area contributed by atoms with Crippen LogP contribution in [0.2, 0.25) is 0 Å². The molecule has 0 saturated heterocycles. The van der Waals surface area contributed by atoms with Crippen LogP contribution in [0.4, 0.5) is 0 Å². The summed E-state index contributed by atoms with van der Waals surface area (Å²) in [5.41, 5.74) is 1.24. The molecule has 1 atom stereocenters. The number of benzene rings is 1. The van der Waals surface area contributed by atoms with Crippen LogP contribution in [0.3, 0.4) is 0 Å². The van der Waals surface area contributed by atoms with E-state index < -0.39 is 0 Å². The van der Waals surface area contributed by atoms with Gasteiger partial charge in [-0.25, -0.2) is 0 Å². The van der Waals surface area contributed by atoms with Gasteiger partial charge in [-0.15, -0.1) is 0 Å². The number of fused-ring (bicyclic) bond motifs is 1. The second-order valence-electron chi connectivity index (χ2n) is 2.83. The maximum absolute atomic E-state index is 5.47. The molecular formula is C9H10BrNO. The van der Waals surface area contributed by atoms with Crippen LogP contribution >= 0.6 is 15.9 Å². The van der Waals surface area contributed by atoms with Crippen LogP contribution in [-0.2, 0) is 0 Å². The minimum Gasteiger partial charge on any atom is -0.491 e. The van der Waals surface area contributed by atoms with Crippen LogP contribution in [0, 0.1) is 0 Å². The van der Waals surface area contributed by atoms with Gasteiger partial charge in [-0.2, -0.15) is 0 Å². The molecule has 1 aliphatic rings. The molecule has 0 radical (unpaired) electrons. The van der Waals surface area contributed by atoms with Crippen LogP contribution in [0.25, 0.3) is 0 Å². The van der Waals surface area contributed by atoms with Crippen molar-refractivity contribution in [1.82, 2.24) is 5.32 Å². The molecule has 1 N–H and O–H groups in total. The van der Waals surface area contributed by atoms with Crippen molar-refractivity contribution in [2.75, 3.05) is 13.7 Å². The van der Waals surface area contributed by atoms with Crippen molar-refractivity contribution >= 4 is 15.9 Å². The van der Waals surface area contributed by atoms with Crippen molar-refractivity contribution in [3.63, 3.8) is 0 Å². The van der Waals surface area contributed by atoms with Gasteiger partial charge in [-0.1, -0.05) is 15.9 Å². The lowest BCUT2D eigenvalue weighted by atomic mass is 10.1. The van der Waals surface area contributed by atoms with E-state index >= 15 is 0 Å². The fourth-order valence-electron chi connectivity index (χ4n) is 1.42. The summed E-state index contributed by atoms with van der Waals surface area (Å²) in [6, 6.07) is 6.44. The van der Waals surface area contributed by atoms with Crippen LogP contribution in [0.1, 0.15) is 11.6 Å². The van der Waals surface area contributed by atoms with Crippen LogP contribution in [-0.4, -0.2) is 13.7 Å². The molecule has 0 aromatic heterocycles. The molecule has 2 nitrogen and oxygen atoms in total. The molecule has 0 amide bonds. The van der Waals surface area contributed by atoms with Gasteiger partial charge in [-0.05, 0) is 25.2 Å². The molecule has 0 spiro atoms. The number of nitrogens with one attached hydrogen (secondary N) is 1. The topological polar surface area (TPSA) is 21.3 Å². The molecule has 12 heavy (non-hydrogen) atoms. The highest BCUT2D eigenvalue weighted by Crippen LogP contribution is 2.33. The summed E-state index contributed by atoms with van der Waals surface area (Å²) >= 11 is 3.44. The Labute approximate surface area is 80.1 Å². The van der Waals surface area contributed by atoms with E-state index in [4.69, 9.17) is 4.74 Å². The summed E-state index contributed by atoms with van der Waals surface area (Å²) in [7, 11) is 1.95. The van der Waals surface area contributed by atoms with Crippen molar-refractivity contribution in [3.05, 3.63) is 28.2 Å². The zero-order chi connectivity index (χ0) is 8.55. The second kappa shape index (κ2) is 3.07. The molecule has 0 bridgehead atoms. The number of hydrogen-bond donors (Lipinski definition) is 1. The predicted molar refractivity (Wildman–Crippen MR) is 51.4 cm³/mol. The molecule has 0 saturated carbocycles. The highest BCUT2D eigenvalue weighted by atomic mass is 79.9. The number of rotatable bonds is 1. The SMILES string of the molecule is CNC1COc2ccc(Br)cc21. The molecule has 2 rings (SSSR count). The monoisotopic (exact) mass is 227 g/mol. The smallest absolute Gasteiger partial charge is 0.124 e. The molecule has 1 heterocycles. The van der Waals surface area contributed by atoms with Gasteiger partial charge in [0.2, 0.25) is 0 Å². The molecule has 1 aromatic carbocycles. The Kier molecular flexibility index (Phi) is 2.07. The maximum atomic E-state index is 5.47. The van der Waals surface area contributed by atoms with E-state index in [-0.39, 0.29) is 0 Å². The summed E-state index contributed by atoms with van der Waals surface area (Å²) < 4.78 is 6.58. The van der Waals surface area contributed by atoms with Gasteiger partial charge >= 0.3 is 0 Å². The van der Waals surface area contributed by atoms with Gasteiger partial charge in [0.05, 0.1) is 6.04 Å². The average molecular weight is 228 g/mol. The van der Waals surface area contributed by atoms with Crippen molar-refractivity contribution in [2.45, 2.75) is 6.04 Å². The van der Waals surface area contributed by atoms with E-state index in [1.165, 1.54) is 5.56 Å². The van der Waals surface area contributed by atoms with Gasteiger partial charge < -0.3 is 10.1 Å². The van der Waals surface area contributed by atoms with E-state index in [0.29, 0.717) is 6.04 Å². The lowest BCUT2D eigenvalue weighted by Crippen LogP contribution is -2.17. The summed E-state index contributed by atoms with van der Waals surface area (Å²) in [6.07, 6.45) is 0. The van der Waals surface area contributed by atoms with Crippen LogP contribution < -0.4 is 10.1 Å². The maximum Gasteiger partial charge on any atom is 0.124 e. The third kappa shape index (κ3) is 1.23. The van der Waals surface area contributed by atoms with E-state index in [0.717, 1.165) is 16.8 Å². The quantitative estimate of drug-likeness (QED) is 0.794. The standard InChI is InChI=1S/C9H10BrNO/c1-11-8-5-12-9-3-2-6(10)4-7(8)9/h2-4,8,11H,5H2,1H3. The largest absolute Gasteiger partial charge is 0.491 e. The number of likely N-dealkylation sites (N-methyl/N-ethyl adjacent to an activating group) is 1. The third-order valence-corrected chi connectivity index (χ3v) is 2.59. The van der Waals surface area contributed by atoms with E-state index in [9.17, 15) is 0 Å². The first kappa shape index (κ1) is 8.08. The van der Waals surface area contributed by atoms with E-state index in [1.807, 2.05) is 19.2 Å². The Balaban J connectivity index is 2.42. The van der Waals surface area contributed by atoms with Crippen molar-refractivity contribution in [1.29, 1.82) is 0 Å². The molecule has 3 heteroatoms. The first-order chi connectivity index (χ1) is 5.81. The second-order valence-corrected chi connectivity index (χ2v) is 3.75. The molecular weight excluding hydrogens is 218 g/mol. The highest BCUT2D eigenvalue weighted by Gasteiger charge is 2.22. The minimum atomic E-state index is 0.345. The third-order valence-electron chi connectivity index (χ3n) is 2.10. The molecule has 0 aliphatic carbocycles. The lowest BCUT2D eigenvalue weighted by molar-refractivity contribution is 0.318. The zero-order valence-corrected chi connectivity index (χ0v) is 8.39. The summed E-state index contributed by atoms with van der Waals surface area (Å²) in [5, 5.41) is 3.20. The van der Waals surface area contributed by atoms with Gasteiger partial charge in [0.1, 0.15) is 12.4 Å². The van der Waals surface area contributed by atoms with Crippen LogP contribution in [0.15, 0.2) is 22.7 Å². The van der Waals surface area contributed by atoms with Crippen molar-refractivity contribution < 1.29 is 4.74 Å². The predicted octanol–water partition coefficient (Wildman–Crippen LogP) is 2.10. The summed E-state index contributed by atoms with van der Waals surface area (Å²) in [6.45, 7) is 0.738. The lowest BCUT2D eigenvalue weighted by Gasteiger charge is -2.05. The highest BCUT2D eigenvalue weighted by molar-refractivity contribution is 9.10. The van der Waals surface area contributed by atoms with Gasteiger partial charge in [0.15, 0.2) is 0 Å². The zero-order valence-electron chi connectivity index (χ0n) is 6.80. The number of halogens is 1. The Hall–Kier alpha value is -0.540. The van der Waals surface area contributed by atoms with Crippen molar-refractivity contribution in [2.24, 2.45) is 0 Å². The molecule has 1 aromatic rings. The van der Waals surface area contributed by atoms with E-state index in [1.54, 1.807) is 0 Å². The van der Waals surface area contributed by atoms with Crippen LogP contribution in [0.5, 0.6) is 5.75 Å². The Morgan fingerprint density at radius 2 is 2.42 bits per heavy atom. The molecule has 0 fully saturated rings. The fraction of sp³-hybridized carbons (Fsp3) is 0.333. The van der Waals surface area contributed by atoms with Gasteiger partial charge in [-0.3, -0.25) is 0 Å². The normalized spacial score (nSPS) is 20.3. The first-order valence-electron chi connectivity index (χ1n) is 3.91. The molecule has 1 aliphatic heterocycles.